The number of rotatable bonds is 7. The predicted octanol–water partition coefficient (Wildman–Crippen LogP) is 3.63. The lowest BCUT2D eigenvalue weighted by Gasteiger charge is -2.31. The Balaban J connectivity index is 1.47. The monoisotopic (exact) mass is 346 g/mol. The number of amides is 2. The van der Waals surface area contributed by atoms with Gasteiger partial charge in [0, 0.05) is 31.8 Å². The van der Waals surface area contributed by atoms with E-state index < -0.39 is 0 Å². The summed E-state index contributed by atoms with van der Waals surface area (Å²) in [6.07, 6.45) is 6.37. The summed E-state index contributed by atoms with van der Waals surface area (Å²) in [5, 5.41) is 13.0. The fourth-order valence-corrected chi connectivity index (χ4v) is 3.42. The number of hydrogen-bond acceptors (Lipinski definition) is 3. The Kier molecular flexibility index (Phi) is 6.32. The van der Waals surface area contributed by atoms with Crippen LogP contribution in [0.1, 0.15) is 44.1 Å². The maximum absolute atomic E-state index is 12.4. The minimum Gasteiger partial charge on any atom is -0.393 e. The van der Waals surface area contributed by atoms with E-state index in [1.54, 1.807) is 11.9 Å². The van der Waals surface area contributed by atoms with Crippen molar-refractivity contribution in [2.24, 2.45) is 11.8 Å². The molecule has 1 aromatic carbocycles. The lowest BCUT2D eigenvalue weighted by atomic mass is 9.86. The normalized spacial score (nSPS) is 23.3. The number of nitrogens with zero attached hydrogens (tertiary/aromatic N) is 1. The van der Waals surface area contributed by atoms with Crippen LogP contribution in [0.15, 0.2) is 24.3 Å². The van der Waals surface area contributed by atoms with Gasteiger partial charge in [-0.1, -0.05) is 25.0 Å². The number of urea groups is 1. The minimum absolute atomic E-state index is 0.131. The average molecular weight is 346 g/mol. The fourth-order valence-electron chi connectivity index (χ4n) is 3.42. The van der Waals surface area contributed by atoms with E-state index in [9.17, 15) is 9.90 Å². The molecule has 0 saturated heterocycles. The minimum atomic E-state index is -0.282. The molecule has 0 heterocycles. The molecule has 2 fully saturated rings. The van der Waals surface area contributed by atoms with Crippen molar-refractivity contribution in [1.29, 1.82) is 0 Å². The van der Waals surface area contributed by atoms with Gasteiger partial charge in [-0.2, -0.15) is 0 Å². The molecule has 2 atom stereocenters. The van der Waals surface area contributed by atoms with E-state index in [1.807, 2.05) is 24.3 Å². The molecule has 2 N–H and O–H groups in total. The third-order valence-corrected chi connectivity index (χ3v) is 5.22. The van der Waals surface area contributed by atoms with Crippen LogP contribution in [0.5, 0.6) is 0 Å². The largest absolute Gasteiger partial charge is 0.393 e. The summed E-state index contributed by atoms with van der Waals surface area (Å²) in [6, 6.07) is 7.69. The zero-order valence-electron chi connectivity index (χ0n) is 15.1. The molecule has 0 aliphatic heterocycles. The molecule has 0 radical (unpaired) electrons. The molecule has 2 unspecified atom stereocenters. The molecule has 0 spiro atoms. The van der Waals surface area contributed by atoms with Crippen molar-refractivity contribution in [3.8, 4) is 0 Å². The Bertz CT molecular complexity index is 574. The molecule has 25 heavy (non-hydrogen) atoms. The topological polar surface area (TPSA) is 61.8 Å². The van der Waals surface area contributed by atoms with E-state index in [2.05, 4.69) is 5.32 Å². The Morgan fingerprint density at radius 3 is 2.84 bits per heavy atom. The van der Waals surface area contributed by atoms with Crippen molar-refractivity contribution in [2.75, 3.05) is 25.5 Å². The number of ether oxygens (including phenoxy) is 1. The summed E-state index contributed by atoms with van der Waals surface area (Å²) in [5.41, 5.74) is 1.86. The van der Waals surface area contributed by atoms with Crippen LogP contribution in [0.4, 0.5) is 10.5 Å². The summed E-state index contributed by atoms with van der Waals surface area (Å²) < 4.78 is 5.71. The van der Waals surface area contributed by atoms with Crippen molar-refractivity contribution in [3.05, 3.63) is 29.8 Å². The summed E-state index contributed by atoms with van der Waals surface area (Å²) in [5.74, 6) is 0.943. The first-order valence-corrected chi connectivity index (χ1v) is 9.48. The Hall–Kier alpha value is -1.59. The lowest BCUT2D eigenvalue weighted by Crippen LogP contribution is -2.40. The quantitative estimate of drug-likeness (QED) is 0.792. The first-order valence-electron chi connectivity index (χ1n) is 9.48. The number of aliphatic hydroxyl groups is 1. The molecular formula is C20H30N2O3. The number of aliphatic hydroxyl groups excluding tert-OH is 1. The van der Waals surface area contributed by atoms with Crippen molar-refractivity contribution in [3.63, 3.8) is 0 Å². The van der Waals surface area contributed by atoms with Crippen LogP contribution in [0, 0.1) is 11.8 Å². The van der Waals surface area contributed by atoms with Gasteiger partial charge in [0.05, 0.1) is 12.7 Å². The van der Waals surface area contributed by atoms with Crippen LogP contribution in [-0.4, -0.2) is 42.3 Å². The lowest BCUT2D eigenvalue weighted by molar-refractivity contribution is 0.0575. The standard InChI is InChI=1S/C20H30N2O3/c1-22(12-17-6-2-3-8-19(17)23)20(24)21-18-7-4-5-16(11-18)14-25-13-15-9-10-15/h4-5,7,11,15,17,19,23H,2-3,6,8-10,12-14H2,1H3,(H,21,24). The first-order chi connectivity index (χ1) is 12.1. The number of carbonyl (C=O) groups is 1. The number of hydrogen-bond donors (Lipinski definition) is 2. The van der Waals surface area contributed by atoms with Crippen molar-refractivity contribution in [2.45, 2.75) is 51.2 Å². The van der Waals surface area contributed by atoms with Gasteiger partial charge >= 0.3 is 6.03 Å². The summed E-state index contributed by atoms with van der Waals surface area (Å²) in [4.78, 5) is 14.1. The van der Waals surface area contributed by atoms with Gasteiger partial charge in [-0.25, -0.2) is 4.79 Å². The van der Waals surface area contributed by atoms with Gasteiger partial charge in [0.2, 0.25) is 0 Å². The highest BCUT2D eigenvalue weighted by molar-refractivity contribution is 5.89. The maximum Gasteiger partial charge on any atom is 0.321 e. The first kappa shape index (κ1) is 18.2. The third kappa shape index (κ3) is 5.72. The van der Waals surface area contributed by atoms with Crippen molar-refractivity contribution < 1.29 is 14.6 Å². The summed E-state index contributed by atoms with van der Waals surface area (Å²) in [6.45, 7) is 2.02. The number of nitrogens with one attached hydrogen (secondary N) is 1. The van der Waals surface area contributed by atoms with E-state index in [0.29, 0.717) is 13.2 Å². The van der Waals surface area contributed by atoms with Gasteiger partial charge < -0.3 is 20.1 Å². The van der Waals surface area contributed by atoms with Gasteiger partial charge in [-0.3, -0.25) is 0 Å². The molecule has 5 nitrogen and oxygen atoms in total. The maximum atomic E-state index is 12.4. The van der Waals surface area contributed by atoms with E-state index in [4.69, 9.17) is 4.74 Å². The van der Waals surface area contributed by atoms with Crippen LogP contribution < -0.4 is 5.32 Å². The van der Waals surface area contributed by atoms with Crippen LogP contribution in [0.2, 0.25) is 0 Å². The summed E-state index contributed by atoms with van der Waals surface area (Å²) >= 11 is 0. The highest BCUT2D eigenvalue weighted by Gasteiger charge is 2.25. The zero-order chi connectivity index (χ0) is 17.6. The van der Waals surface area contributed by atoms with Crippen LogP contribution in [-0.2, 0) is 11.3 Å². The number of benzene rings is 1. The van der Waals surface area contributed by atoms with Crippen LogP contribution >= 0.6 is 0 Å². The molecule has 2 aliphatic rings. The molecular weight excluding hydrogens is 316 g/mol. The third-order valence-electron chi connectivity index (χ3n) is 5.22. The highest BCUT2D eigenvalue weighted by Crippen LogP contribution is 2.29. The smallest absolute Gasteiger partial charge is 0.321 e. The zero-order valence-corrected chi connectivity index (χ0v) is 15.1. The predicted molar refractivity (Wildman–Crippen MR) is 98.4 cm³/mol. The van der Waals surface area contributed by atoms with E-state index >= 15 is 0 Å². The van der Waals surface area contributed by atoms with Crippen LogP contribution in [0.3, 0.4) is 0 Å². The van der Waals surface area contributed by atoms with Gasteiger partial charge in [0.15, 0.2) is 0 Å². The van der Waals surface area contributed by atoms with Gasteiger partial charge in [0.1, 0.15) is 0 Å². The summed E-state index contributed by atoms with van der Waals surface area (Å²) in [7, 11) is 1.79. The molecule has 138 valence electrons. The Labute approximate surface area is 150 Å². The number of anilines is 1. The SMILES string of the molecule is CN(CC1CCCCC1O)C(=O)Nc1cccc(COCC2CC2)c1. The van der Waals surface area contributed by atoms with Crippen LogP contribution in [0.25, 0.3) is 0 Å². The molecule has 2 amide bonds. The average Bonchev–Trinajstić information content (AvgIpc) is 3.41. The molecule has 0 aromatic heterocycles. The fraction of sp³-hybridized carbons (Fsp3) is 0.650. The molecule has 0 bridgehead atoms. The number of carbonyl (C=O) groups excluding carboxylic acids is 1. The Morgan fingerprint density at radius 2 is 2.08 bits per heavy atom. The highest BCUT2D eigenvalue weighted by atomic mass is 16.5. The Morgan fingerprint density at radius 1 is 1.28 bits per heavy atom. The van der Waals surface area contributed by atoms with E-state index in [0.717, 1.165) is 49.5 Å². The molecule has 3 rings (SSSR count). The van der Waals surface area contributed by atoms with Crippen molar-refractivity contribution in [1.82, 2.24) is 4.90 Å². The molecule has 2 saturated carbocycles. The molecule has 5 heteroatoms. The van der Waals surface area contributed by atoms with Crippen molar-refractivity contribution >= 4 is 11.7 Å². The van der Waals surface area contributed by atoms with E-state index in [1.165, 1.54) is 12.8 Å². The van der Waals surface area contributed by atoms with Gasteiger partial charge in [-0.05, 0) is 49.3 Å². The van der Waals surface area contributed by atoms with Gasteiger partial charge in [-0.15, -0.1) is 0 Å². The second-order valence-electron chi connectivity index (χ2n) is 7.58. The molecule has 2 aliphatic carbocycles. The van der Waals surface area contributed by atoms with E-state index in [-0.39, 0.29) is 18.1 Å². The second-order valence-corrected chi connectivity index (χ2v) is 7.58. The molecule has 1 aromatic rings. The second kappa shape index (κ2) is 8.68. The van der Waals surface area contributed by atoms with Gasteiger partial charge in [0.25, 0.3) is 0 Å².